The first-order valence-electron chi connectivity index (χ1n) is 6.06. The van der Waals surface area contributed by atoms with Crippen LogP contribution in [0.2, 0.25) is 0 Å². The highest BCUT2D eigenvalue weighted by Crippen LogP contribution is 2.25. The predicted molar refractivity (Wildman–Crippen MR) is 71.7 cm³/mol. The van der Waals surface area contributed by atoms with Crippen LogP contribution in [0.1, 0.15) is 33.1 Å². The molecular formula is C12H23ClN2O3. The summed E-state index contributed by atoms with van der Waals surface area (Å²) < 4.78 is 4.57. The fraction of sp³-hybridized carbons (Fsp3) is 0.833. The third-order valence-corrected chi connectivity index (χ3v) is 3.22. The summed E-state index contributed by atoms with van der Waals surface area (Å²) in [6.45, 7) is 5.44. The first kappa shape index (κ1) is 17.2. The van der Waals surface area contributed by atoms with Crippen LogP contribution in [0.5, 0.6) is 0 Å². The molecule has 2 atom stereocenters. The van der Waals surface area contributed by atoms with Gasteiger partial charge in [-0.25, -0.2) is 0 Å². The minimum Gasteiger partial charge on any atom is -0.469 e. The van der Waals surface area contributed by atoms with E-state index >= 15 is 0 Å². The maximum atomic E-state index is 12.1. The third-order valence-electron chi connectivity index (χ3n) is 3.22. The van der Waals surface area contributed by atoms with Gasteiger partial charge in [-0.05, 0) is 33.2 Å². The number of carbonyl (C=O) groups excluding carboxylic acids is 2. The van der Waals surface area contributed by atoms with Crippen LogP contribution in [0.25, 0.3) is 0 Å². The van der Waals surface area contributed by atoms with Crippen molar-refractivity contribution in [1.82, 2.24) is 10.6 Å². The molecule has 5 nitrogen and oxygen atoms in total. The smallest absolute Gasteiger partial charge is 0.307 e. The Labute approximate surface area is 114 Å². The van der Waals surface area contributed by atoms with Crippen LogP contribution >= 0.6 is 12.4 Å². The van der Waals surface area contributed by atoms with Crippen molar-refractivity contribution in [3.05, 3.63) is 0 Å². The van der Waals surface area contributed by atoms with Crippen LogP contribution < -0.4 is 10.6 Å². The van der Waals surface area contributed by atoms with Gasteiger partial charge in [-0.15, -0.1) is 12.4 Å². The van der Waals surface area contributed by atoms with Gasteiger partial charge in [0.25, 0.3) is 0 Å². The Hall–Kier alpha value is -0.810. The molecule has 1 aliphatic heterocycles. The maximum absolute atomic E-state index is 12.1. The highest BCUT2D eigenvalue weighted by Gasteiger charge is 2.35. The molecule has 18 heavy (non-hydrogen) atoms. The number of amides is 1. The number of piperidine rings is 1. The molecule has 2 unspecified atom stereocenters. The van der Waals surface area contributed by atoms with E-state index in [1.165, 1.54) is 7.11 Å². The zero-order chi connectivity index (χ0) is 12.9. The second kappa shape index (κ2) is 7.59. The molecule has 1 fully saturated rings. The fourth-order valence-corrected chi connectivity index (χ4v) is 2.03. The van der Waals surface area contributed by atoms with Crippen molar-refractivity contribution in [1.29, 1.82) is 0 Å². The molecule has 1 heterocycles. The molecule has 1 saturated heterocycles. The van der Waals surface area contributed by atoms with Gasteiger partial charge in [0.2, 0.25) is 5.91 Å². The molecule has 0 saturated carbocycles. The number of methoxy groups -OCH3 is 1. The number of carbonyl (C=O) groups is 2. The summed E-state index contributed by atoms with van der Waals surface area (Å²) in [7, 11) is 1.35. The molecule has 0 aromatic heterocycles. The van der Waals surface area contributed by atoms with Crippen molar-refractivity contribution >= 4 is 24.3 Å². The SMILES string of the molecule is COC(=O)CC(C)NC(=O)C1(C)CCCNC1.Cl. The Morgan fingerprint density at radius 1 is 1.50 bits per heavy atom. The van der Waals surface area contributed by atoms with Gasteiger partial charge in [-0.1, -0.05) is 0 Å². The third kappa shape index (κ3) is 4.82. The number of rotatable bonds is 4. The van der Waals surface area contributed by atoms with Crippen molar-refractivity contribution in [2.75, 3.05) is 20.2 Å². The Morgan fingerprint density at radius 2 is 2.17 bits per heavy atom. The van der Waals surface area contributed by atoms with Crippen molar-refractivity contribution < 1.29 is 14.3 Å². The Kier molecular flexibility index (Phi) is 7.25. The monoisotopic (exact) mass is 278 g/mol. The summed E-state index contributed by atoms with van der Waals surface area (Å²) in [6, 6.07) is -0.186. The summed E-state index contributed by atoms with van der Waals surface area (Å²) in [4.78, 5) is 23.2. The van der Waals surface area contributed by atoms with E-state index in [4.69, 9.17) is 0 Å². The molecule has 1 amide bonds. The first-order chi connectivity index (χ1) is 7.98. The topological polar surface area (TPSA) is 67.4 Å². The van der Waals surface area contributed by atoms with E-state index in [2.05, 4.69) is 15.4 Å². The van der Waals surface area contributed by atoms with E-state index in [-0.39, 0.29) is 42.2 Å². The maximum Gasteiger partial charge on any atom is 0.307 e. The zero-order valence-electron chi connectivity index (χ0n) is 11.2. The molecule has 0 aromatic carbocycles. The minimum absolute atomic E-state index is 0. The highest BCUT2D eigenvalue weighted by atomic mass is 35.5. The van der Waals surface area contributed by atoms with E-state index < -0.39 is 0 Å². The Morgan fingerprint density at radius 3 is 2.67 bits per heavy atom. The minimum atomic E-state index is -0.359. The van der Waals surface area contributed by atoms with Gasteiger partial charge in [-0.3, -0.25) is 9.59 Å². The second-order valence-electron chi connectivity index (χ2n) is 5.00. The van der Waals surface area contributed by atoms with E-state index in [1.54, 1.807) is 0 Å². The van der Waals surface area contributed by atoms with Crippen LogP contribution in [0.15, 0.2) is 0 Å². The zero-order valence-corrected chi connectivity index (χ0v) is 12.1. The van der Waals surface area contributed by atoms with E-state index in [0.29, 0.717) is 6.54 Å². The van der Waals surface area contributed by atoms with Gasteiger partial charge in [-0.2, -0.15) is 0 Å². The number of hydrogen-bond acceptors (Lipinski definition) is 4. The molecule has 0 aromatic rings. The summed E-state index contributed by atoms with van der Waals surface area (Å²) in [5.41, 5.74) is -0.359. The molecule has 1 aliphatic rings. The van der Waals surface area contributed by atoms with Gasteiger partial charge in [0.15, 0.2) is 0 Å². The van der Waals surface area contributed by atoms with E-state index in [0.717, 1.165) is 19.4 Å². The van der Waals surface area contributed by atoms with Crippen LogP contribution in [0, 0.1) is 5.41 Å². The van der Waals surface area contributed by atoms with E-state index in [1.807, 2.05) is 13.8 Å². The number of halogens is 1. The van der Waals surface area contributed by atoms with Crippen molar-refractivity contribution in [3.63, 3.8) is 0 Å². The molecule has 0 aliphatic carbocycles. The van der Waals surface area contributed by atoms with Crippen molar-refractivity contribution in [3.8, 4) is 0 Å². The molecule has 0 radical (unpaired) electrons. The first-order valence-corrected chi connectivity index (χ1v) is 6.06. The molecule has 106 valence electrons. The predicted octanol–water partition coefficient (Wildman–Crippen LogP) is 0.866. The quantitative estimate of drug-likeness (QED) is 0.749. The normalized spacial score (nSPS) is 24.6. The fourth-order valence-electron chi connectivity index (χ4n) is 2.03. The van der Waals surface area contributed by atoms with Gasteiger partial charge in [0.1, 0.15) is 0 Å². The van der Waals surface area contributed by atoms with Crippen LogP contribution in [-0.4, -0.2) is 38.1 Å². The molecule has 0 spiro atoms. The number of nitrogens with one attached hydrogen (secondary N) is 2. The highest BCUT2D eigenvalue weighted by molar-refractivity contribution is 5.85. The van der Waals surface area contributed by atoms with Crippen LogP contribution in [0.3, 0.4) is 0 Å². The molecule has 1 rings (SSSR count). The van der Waals surface area contributed by atoms with Crippen molar-refractivity contribution in [2.45, 2.75) is 39.2 Å². The molecule has 6 heteroatoms. The largest absolute Gasteiger partial charge is 0.469 e. The Balaban J connectivity index is 0.00000289. The average Bonchev–Trinajstić information content (AvgIpc) is 2.29. The number of esters is 1. The number of hydrogen-bond donors (Lipinski definition) is 2. The Bertz CT molecular complexity index is 291. The summed E-state index contributed by atoms with van der Waals surface area (Å²) in [5.74, 6) is -0.286. The van der Waals surface area contributed by atoms with Gasteiger partial charge < -0.3 is 15.4 Å². The lowest BCUT2D eigenvalue weighted by Gasteiger charge is -2.33. The van der Waals surface area contributed by atoms with Crippen LogP contribution in [0.4, 0.5) is 0 Å². The van der Waals surface area contributed by atoms with Gasteiger partial charge in [0, 0.05) is 12.6 Å². The van der Waals surface area contributed by atoms with Crippen LogP contribution in [-0.2, 0) is 14.3 Å². The standard InChI is InChI=1S/C12H22N2O3.ClH/c1-9(7-10(15)17-3)14-11(16)12(2)5-4-6-13-8-12;/h9,13H,4-8H2,1-3H3,(H,14,16);1H. The lowest BCUT2D eigenvalue weighted by Crippen LogP contribution is -2.51. The molecular weight excluding hydrogens is 256 g/mol. The average molecular weight is 279 g/mol. The van der Waals surface area contributed by atoms with Gasteiger partial charge >= 0.3 is 5.97 Å². The summed E-state index contributed by atoms with van der Waals surface area (Å²) in [6.07, 6.45) is 2.11. The summed E-state index contributed by atoms with van der Waals surface area (Å²) >= 11 is 0. The lowest BCUT2D eigenvalue weighted by atomic mass is 9.81. The lowest BCUT2D eigenvalue weighted by molar-refractivity contribution is -0.141. The molecule has 0 bridgehead atoms. The number of ether oxygens (including phenoxy) is 1. The van der Waals surface area contributed by atoms with Crippen molar-refractivity contribution in [2.24, 2.45) is 5.41 Å². The van der Waals surface area contributed by atoms with Gasteiger partial charge in [0.05, 0.1) is 18.9 Å². The second-order valence-corrected chi connectivity index (χ2v) is 5.00. The molecule has 2 N–H and O–H groups in total. The summed E-state index contributed by atoms with van der Waals surface area (Å²) in [5, 5.41) is 6.10. The van der Waals surface area contributed by atoms with E-state index in [9.17, 15) is 9.59 Å².